The Hall–Kier alpha value is -2.67. The number of carboxylic acid groups (broad SMARTS) is 1. The molecule has 3 N–H and O–H groups in total. The third kappa shape index (κ3) is 4.45. The first-order chi connectivity index (χ1) is 11.8. The molecule has 2 aromatic rings. The lowest BCUT2D eigenvalue weighted by atomic mass is 10.1. The van der Waals surface area contributed by atoms with E-state index < -0.39 is 11.9 Å². The summed E-state index contributed by atoms with van der Waals surface area (Å²) in [6, 6.07) is 8.49. The van der Waals surface area contributed by atoms with E-state index in [-0.39, 0.29) is 22.4 Å². The molecule has 2 amide bonds. The van der Waals surface area contributed by atoms with Crippen molar-refractivity contribution in [3.05, 3.63) is 51.9 Å². The molecule has 0 aliphatic heterocycles. The first kappa shape index (κ1) is 18.7. The Bertz CT molecular complexity index is 797. The van der Waals surface area contributed by atoms with Gasteiger partial charge in [-0.1, -0.05) is 32.0 Å². The number of carbonyl (C=O) groups is 3. The van der Waals surface area contributed by atoms with E-state index in [1.165, 1.54) is 0 Å². The number of benzene rings is 1. The van der Waals surface area contributed by atoms with E-state index in [1.807, 2.05) is 13.8 Å². The highest BCUT2D eigenvalue weighted by atomic mass is 32.1. The number of carboxylic acids is 1. The fraction of sp³-hybridized carbons (Fsp3) is 0.278. The summed E-state index contributed by atoms with van der Waals surface area (Å²) < 4.78 is 0. The van der Waals surface area contributed by atoms with Gasteiger partial charge in [-0.05, 0) is 30.5 Å². The van der Waals surface area contributed by atoms with Gasteiger partial charge >= 0.3 is 5.97 Å². The molecule has 132 valence electrons. The van der Waals surface area contributed by atoms with Gasteiger partial charge in [0.25, 0.3) is 11.8 Å². The van der Waals surface area contributed by atoms with Crippen molar-refractivity contribution in [2.45, 2.75) is 20.8 Å². The lowest BCUT2D eigenvalue weighted by Crippen LogP contribution is -2.27. The molecule has 1 aromatic carbocycles. The SMILES string of the molecule is Cc1c(C(=O)NCC(C)C)sc(NC(=O)c2ccccc2)c1C(=O)O. The van der Waals surface area contributed by atoms with Gasteiger partial charge in [0, 0.05) is 12.1 Å². The molecule has 2 rings (SSSR count). The molecule has 0 bridgehead atoms. The predicted molar refractivity (Wildman–Crippen MR) is 97.6 cm³/mol. The third-order valence-corrected chi connectivity index (χ3v) is 4.71. The second kappa shape index (κ2) is 7.94. The van der Waals surface area contributed by atoms with Gasteiger partial charge in [0.05, 0.1) is 10.4 Å². The Balaban J connectivity index is 2.31. The summed E-state index contributed by atoms with van der Waals surface area (Å²) in [5.74, 6) is -1.65. The fourth-order valence-corrected chi connectivity index (χ4v) is 3.33. The Morgan fingerprint density at radius 3 is 2.32 bits per heavy atom. The van der Waals surface area contributed by atoms with Gasteiger partial charge in [0.2, 0.25) is 0 Å². The van der Waals surface area contributed by atoms with Crippen LogP contribution in [-0.2, 0) is 0 Å². The molecular weight excluding hydrogens is 340 g/mol. The number of anilines is 1. The molecule has 0 saturated carbocycles. The number of hydrogen-bond donors (Lipinski definition) is 3. The van der Waals surface area contributed by atoms with Gasteiger partial charge in [0.15, 0.2) is 0 Å². The number of hydrogen-bond acceptors (Lipinski definition) is 4. The normalized spacial score (nSPS) is 10.6. The number of carbonyl (C=O) groups excluding carboxylic acids is 2. The molecule has 7 heteroatoms. The molecule has 25 heavy (non-hydrogen) atoms. The van der Waals surface area contributed by atoms with Crippen LogP contribution < -0.4 is 10.6 Å². The van der Waals surface area contributed by atoms with Crippen molar-refractivity contribution in [3.8, 4) is 0 Å². The van der Waals surface area contributed by atoms with Gasteiger partial charge < -0.3 is 15.7 Å². The Labute approximate surface area is 149 Å². The van der Waals surface area contributed by atoms with Crippen molar-refractivity contribution in [3.63, 3.8) is 0 Å². The van der Waals surface area contributed by atoms with Crippen LogP contribution in [0.3, 0.4) is 0 Å². The number of nitrogens with one attached hydrogen (secondary N) is 2. The molecular formula is C18H20N2O4S. The van der Waals surface area contributed by atoms with Crippen LogP contribution in [0.5, 0.6) is 0 Å². The van der Waals surface area contributed by atoms with Crippen molar-refractivity contribution < 1.29 is 19.5 Å². The molecule has 0 unspecified atom stereocenters. The topological polar surface area (TPSA) is 95.5 Å². The molecule has 0 spiro atoms. The van der Waals surface area contributed by atoms with Crippen molar-refractivity contribution in [2.75, 3.05) is 11.9 Å². The average molecular weight is 360 g/mol. The van der Waals surface area contributed by atoms with Crippen LogP contribution in [-0.4, -0.2) is 29.4 Å². The van der Waals surface area contributed by atoms with Crippen molar-refractivity contribution >= 4 is 34.1 Å². The van der Waals surface area contributed by atoms with Crippen molar-refractivity contribution in [1.82, 2.24) is 5.32 Å². The van der Waals surface area contributed by atoms with E-state index in [0.29, 0.717) is 22.5 Å². The summed E-state index contributed by atoms with van der Waals surface area (Å²) >= 11 is 0.972. The van der Waals surface area contributed by atoms with Crippen molar-refractivity contribution in [1.29, 1.82) is 0 Å². The zero-order valence-corrected chi connectivity index (χ0v) is 15.1. The molecule has 0 radical (unpaired) electrons. The van der Waals surface area contributed by atoms with Crippen molar-refractivity contribution in [2.24, 2.45) is 5.92 Å². The predicted octanol–water partition coefficient (Wildman–Crippen LogP) is 3.39. The third-order valence-electron chi connectivity index (χ3n) is 3.50. The minimum absolute atomic E-state index is 0.0519. The summed E-state index contributed by atoms with van der Waals surface area (Å²) in [7, 11) is 0. The summed E-state index contributed by atoms with van der Waals surface area (Å²) in [5, 5.41) is 15.0. The van der Waals surface area contributed by atoms with Crippen LogP contribution in [0.2, 0.25) is 0 Å². The van der Waals surface area contributed by atoms with Gasteiger partial charge in [-0.2, -0.15) is 0 Å². The highest BCUT2D eigenvalue weighted by Crippen LogP contribution is 2.33. The maximum absolute atomic E-state index is 12.3. The second-order valence-corrected chi connectivity index (χ2v) is 7.01. The first-order valence-electron chi connectivity index (χ1n) is 7.82. The summed E-state index contributed by atoms with van der Waals surface area (Å²) in [6.45, 7) is 6.00. The van der Waals surface area contributed by atoms with Crippen LogP contribution in [0, 0.1) is 12.8 Å². The zero-order chi connectivity index (χ0) is 18.6. The zero-order valence-electron chi connectivity index (χ0n) is 14.3. The van der Waals surface area contributed by atoms with Crippen LogP contribution >= 0.6 is 11.3 Å². The highest BCUT2D eigenvalue weighted by molar-refractivity contribution is 7.18. The Morgan fingerprint density at radius 1 is 1.12 bits per heavy atom. The Morgan fingerprint density at radius 2 is 1.76 bits per heavy atom. The average Bonchev–Trinajstić information content (AvgIpc) is 2.89. The molecule has 1 aromatic heterocycles. The fourth-order valence-electron chi connectivity index (χ4n) is 2.22. The first-order valence-corrected chi connectivity index (χ1v) is 8.64. The van der Waals surface area contributed by atoms with Gasteiger partial charge in [0.1, 0.15) is 5.00 Å². The smallest absolute Gasteiger partial charge is 0.339 e. The van der Waals surface area contributed by atoms with Crippen LogP contribution in [0.4, 0.5) is 5.00 Å². The molecule has 0 fully saturated rings. The quantitative estimate of drug-likeness (QED) is 0.736. The standard InChI is InChI=1S/C18H20N2O4S/c1-10(2)9-19-16(22)14-11(3)13(18(23)24)17(25-14)20-15(21)12-7-5-4-6-8-12/h4-8,10H,9H2,1-3H3,(H,19,22)(H,20,21)(H,23,24). The summed E-state index contributed by atoms with van der Waals surface area (Å²) in [6.07, 6.45) is 0. The van der Waals surface area contributed by atoms with E-state index >= 15 is 0 Å². The number of thiophene rings is 1. The van der Waals surface area contributed by atoms with Crippen LogP contribution in [0.1, 0.15) is 49.8 Å². The van der Waals surface area contributed by atoms with Crippen LogP contribution in [0.25, 0.3) is 0 Å². The summed E-state index contributed by atoms with van der Waals surface area (Å²) in [5.41, 5.74) is 0.710. The monoisotopic (exact) mass is 360 g/mol. The van der Waals surface area contributed by atoms with Gasteiger partial charge in [-0.25, -0.2) is 4.79 Å². The number of amides is 2. The molecule has 0 saturated heterocycles. The second-order valence-electron chi connectivity index (χ2n) is 5.99. The number of aromatic carboxylic acids is 1. The van der Waals surface area contributed by atoms with Crippen LogP contribution in [0.15, 0.2) is 30.3 Å². The maximum atomic E-state index is 12.3. The van der Waals surface area contributed by atoms with E-state index in [1.54, 1.807) is 37.3 Å². The minimum atomic E-state index is -1.18. The number of rotatable bonds is 6. The maximum Gasteiger partial charge on any atom is 0.339 e. The molecule has 0 aliphatic rings. The molecule has 1 heterocycles. The van der Waals surface area contributed by atoms with E-state index in [0.717, 1.165) is 11.3 Å². The van der Waals surface area contributed by atoms with E-state index in [4.69, 9.17) is 0 Å². The van der Waals surface area contributed by atoms with E-state index in [2.05, 4.69) is 10.6 Å². The summed E-state index contributed by atoms with van der Waals surface area (Å²) in [4.78, 5) is 36.5. The molecule has 0 atom stereocenters. The minimum Gasteiger partial charge on any atom is -0.478 e. The van der Waals surface area contributed by atoms with E-state index in [9.17, 15) is 19.5 Å². The lowest BCUT2D eigenvalue weighted by Gasteiger charge is -2.06. The highest BCUT2D eigenvalue weighted by Gasteiger charge is 2.25. The Kier molecular flexibility index (Phi) is 5.93. The molecule has 0 aliphatic carbocycles. The lowest BCUT2D eigenvalue weighted by molar-refractivity contribution is 0.0697. The van der Waals surface area contributed by atoms with Gasteiger partial charge in [-0.3, -0.25) is 9.59 Å². The largest absolute Gasteiger partial charge is 0.478 e. The molecule has 6 nitrogen and oxygen atoms in total. The van der Waals surface area contributed by atoms with Gasteiger partial charge in [-0.15, -0.1) is 11.3 Å².